The Balaban J connectivity index is 1.34. The van der Waals surface area contributed by atoms with Gasteiger partial charge in [0, 0.05) is 29.5 Å². The number of nitrogens with zero attached hydrogens (tertiary/aromatic N) is 3. The van der Waals surface area contributed by atoms with E-state index in [-0.39, 0.29) is 12.3 Å². The first-order valence-electron chi connectivity index (χ1n) is 8.80. The van der Waals surface area contributed by atoms with Crippen LogP contribution in [0.15, 0.2) is 61.1 Å². The Morgan fingerprint density at radius 3 is 2.67 bits per heavy atom. The number of amides is 1. The average Bonchev–Trinajstić information content (AvgIpc) is 3.52. The molecule has 0 atom stereocenters. The van der Waals surface area contributed by atoms with E-state index >= 15 is 0 Å². The van der Waals surface area contributed by atoms with Crippen molar-refractivity contribution in [1.82, 2.24) is 15.0 Å². The molecule has 0 bridgehead atoms. The monoisotopic (exact) mass is 377 g/mol. The number of carbonyl (C=O) groups is 1. The molecule has 1 aromatic carbocycles. The van der Waals surface area contributed by atoms with Gasteiger partial charge in [0.1, 0.15) is 0 Å². The number of rotatable bonds is 7. The predicted molar refractivity (Wildman–Crippen MR) is 108 cm³/mol. The molecule has 2 aromatic heterocycles. The topological polar surface area (TPSA) is 79.8 Å². The lowest BCUT2D eigenvalue weighted by Gasteiger charge is -2.08. The molecular formula is C20H19N5OS. The van der Waals surface area contributed by atoms with Crippen LogP contribution in [0.4, 0.5) is 11.6 Å². The second kappa shape index (κ2) is 8.18. The van der Waals surface area contributed by atoms with Crippen LogP contribution in [0.1, 0.15) is 18.5 Å². The van der Waals surface area contributed by atoms with Gasteiger partial charge in [0.15, 0.2) is 0 Å². The average molecular weight is 377 g/mol. The van der Waals surface area contributed by atoms with Crippen LogP contribution in [0.25, 0.3) is 11.1 Å². The van der Waals surface area contributed by atoms with Gasteiger partial charge >= 0.3 is 0 Å². The maximum Gasteiger partial charge on any atom is 0.233 e. The molecule has 2 heterocycles. The number of benzene rings is 1. The molecule has 1 amide bonds. The van der Waals surface area contributed by atoms with E-state index in [4.69, 9.17) is 0 Å². The van der Waals surface area contributed by atoms with Crippen LogP contribution < -0.4 is 10.0 Å². The molecule has 1 aliphatic carbocycles. The van der Waals surface area contributed by atoms with E-state index in [2.05, 4.69) is 25.0 Å². The maximum absolute atomic E-state index is 12.3. The molecule has 0 spiro atoms. The van der Waals surface area contributed by atoms with Crippen LogP contribution in [0.5, 0.6) is 0 Å². The first-order valence-corrected chi connectivity index (χ1v) is 9.68. The lowest BCUT2D eigenvalue weighted by Crippen LogP contribution is -2.15. The standard InChI is InChI=1S/C20H19N5OS/c26-19(12-17-9-11-22-20(24-17)25-27-18-7-8-18)23-16-5-3-14(4-6-16)15-2-1-10-21-13-15/h1-6,9-11,13,18H,7-8,12H2,(H,23,26)(H,22,24,25). The Kier molecular flexibility index (Phi) is 5.29. The van der Waals surface area contributed by atoms with Crippen molar-refractivity contribution in [3.63, 3.8) is 0 Å². The quantitative estimate of drug-likeness (QED) is 0.607. The van der Waals surface area contributed by atoms with Gasteiger partial charge in [-0.2, -0.15) is 0 Å². The Bertz CT molecular complexity index is 913. The molecule has 6 nitrogen and oxygen atoms in total. The lowest BCUT2D eigenvalue weighted by atomic mass is 10.1. The number of carbonyl (C=O) groups excluding carboxylic acids is 1. The highest BCUT2D eigenvalue weighted by Crippen LogP contribution is 2.33. The van der Waals surface area contributed by atoms with Crippen molar-refractivity contribution in [3.8, 4) is 11.1 Å². The Morgan fingerprint density at radius 1 is 1.07 bits per heavy atom. The first kappa shape index (κ1) is 17.5. The molecule has 0 radical (unpaired) electrons. The second-order valence-corrected chi connectivity index (χ2v) is 7.44. The number of anilines is 2. The molecule has 1 fully saturated rings. The lowest BCUT2D eigenvalue weighted by molar-refractivity contribution is -0.115. The zero-order valence-electron chi connectivity index (χ0n) is 14.6. The van der Waals surface area contributed by atoms with Crippen molar-refractivity contribution < 1.29 is 4.79 Å². The van der Waals surface area contributed by atoms with Crippen LogP contribution >= 0.6 is 11.9 Å². The van der Waals surface area contributed by atoms with Gasteiger partial charge in [-0.05, 0) is 60.2 Å². The molecule has 0 unspecified atom stereocenters. The number of nitrogens with one attached hydrogen (secondary N) is 2. The fourth-order valence-corrected chi connectivity index (χ4v) is 3.26. The van der Waals surface area contributed by atoms with Crippen LogP contribution in [0.3, 0.4) is 0 Å². The third-order valence-corrected chi connectivity index (χ3v) is 5.16. The smallest absolute Gasteiger partial charge is 0.233 e. The summed E-state index contributed by atoms with van der Waals surface area (Å²) in [7, 11) is 0. The summed E-state index contributed by atoms with van der Waals surface area (Å²) < 4.78 is 3.15. The van der Waals surface area contributed by atoms with Gasteiger partial charge in [0.2, 0.25) is 11.9 Å². The summed E-state index contributed by atoms with van der Waals surface area (Å²) in [6.07, 6.45) is 7.91. The normalized spacial score (nSPS) is 13.2. The number of hydrogen-bond acceptors (Lipinski definition) is 6. The van der Waals surface area contributed by atoms with Crippen molar-refractivity contribution in [3.05, 3.63) is 66.7 Å². The van der Waals surface area contributed by atoms with Crippen LogP contribution in [-0.2, 0) is 11.2 Å². The van der Waals surface area contributed by atoms with E-state index in [1.165, 1.54) is 12.8 Å². The third kappa shape index (κ3) is 5.04. The minimum absolute atomic E-state index is 0.108. The summed E-state index contributed by atoms with van der Waals surface area (Å²) in [5.41, 5.74) is 3.54. The van der Waals surface area contributed by atoms with E-state index in [9.17, 15) is 4.79 Å². The van der Waals surface area contributed by atoms with Crippen molar-refractivity contribution in [1.29, 1.82) is 0 Å². The van der Waals surface area contributed by atoms with Gasteiger partial charge in [-0.3, -0.25) is 14.5 Å². The maximum atomic E-state index is 12.3. The van der Waals surface area contributed by atoms with Gasteiger partial charge in [0.05, 0.1) is 12.1 Å². The van der Waals surface area contributed by atoms with Gasteiger partial charge in [0.25, 0.3) is 0 Å². The van der Waals surface area contributed by atoms with Gasteiger partial charge in [-0.1, -0.05) is 18.2 Å². The summed E-state index contributed by atoms with van der Waals surface area (Å²) in [5.74, 6) is 0.446. The third-order valence-electron chi connectivity index (χ3n) is 4.06. The highest BCUT2D eigenvalue weighted by molar-refractivity contribution is 8.01. The number of aromatic nitrogens is 3. The molecule has 4 rings (SSSR count). The summed E-state index contributed by atoms with van der Waals surface area (Å²) in [5, 5.41) is 3.57. The number of pyridine rings is 1. The van der Waals surface area contributed by atoms with Crippen molar-refractivity contribution >= 4 is 29.5 Å². The molecular weight excluding hydrogens is 358 g/mol. The summed E-state index contributed by atoms with van der Waals surface area (Å²) in [4.78, 5) is 25.0. The first-order chi connectivity index (χ1) is 13.3. The predicted octanol–water partition coefficient (Wildman–Crippen LogP) is 3.94. The molecule has 1 aliphatic rings. The molecule has 3 aromatic rings. The minimum atomic E-state index is -0.108. The second-order valence-electron chi connectivity index (χ2n) is 6.33. The molecule has 136 valence electrons. The van der Waals surface area contributed by atoms with Gasteiger partial charge in [-0.15, -0.1) is 0 Å². The Hall–Kier alpha value is -2.93. The van der Waals surface area contributed by atoms with E-state index in [1.807, 2.05) is 42.6 Å². The molecule has 1 saturated carbocycles. The zero-order valence-corrected chi connectivity index (χ0v) is 15.4. The molecule has 27 heavy (non-hydrogen) atoms. The van der Waals surface area contributed by atoms with E-state index in [0.29, 0.717) is 16.9 Å². The van der Waals surface area contributed by atoms with Crippen molar-refractivity contribution in [2.75, 3.05) is 10.0 Å². The minimum Gasteiger partial charge on any atom is -0.326 e. The van der Waals surface area contributed by atoms with E-state index in [0.717, 1.165) is 16.8 Å². The summed E-state index contributed by atoms with van der Waals surface area (Å²) >= 11 is 1.65. The van der Waals surface area contributed by atoms with Crippen molar-refractivity contribution in [2.24, 2.45) is 0 Å². The number of hydrogen-bond donors (Lipinski definition) is 2. The van der Waals surface area contributed by atoms with Gasteiger partial charge in [-0.25, -0.2) is 9.97 Å². The molecule has 7 heteroatoms. The summed E-state index contributed by atoms with van der Waals surface area (Å²) in [6, 6.07) is 13.4. The highest BCUT2D eigenvalue weighted by Gasteiger charge is 2.22. The molecule has 2 N–H and O–H groups in total. The van der Waals surface area contributed by atoms with Crippen LogP contribution in [0, 0.1) is 0 Å². The molecule has 0 aliphatic heterocycles. The summed E-state index contributed by atoms with van der Waals surface area (Å²) in [6.45, 7) is 0. The Morgan fingerprint density at radius 2 is 1.93 bits per heavy atom. The fourth-order valence-electron chi connectivity index (χ4n) is 2.51. The largest absolute Gasteiger partial charge is 0.326 e. The zero-order chi connectivity index (χ0) is 18.5. The Labute approximate surface area is 162 Å². The van der Waals surface area contributed by atoms with E-state index < -0.39 is 0 Å². The van der Waals surface area contributed by atoms with E-state index in [1.54, 1.807) is 30.4 Å². The van der Waals surface area contributed by atoms with Crippen LogP contribution in [0.2, 0.25) is 0 Å². The fraction of sp³-hybridized carbons (Fsp3) is 0.200. The van der Waals surface area contributed by atoms with Gasteiger partial charge < -0.3 is 5.32 Å². The van der Waals surface area contributed by atoms with Crippen molar-refractivity contribution in [2.45, 2.75) is 24.5 Å². The highest BCUT2D eigenvalue weighted by atomic mass is 32.2. The molecule has 0 saturated heterocycles. The SMILES string of the molecule is O=C(Cc1ccnc(NSC2CC2)n1)Nc1ccc(-c2cccnc2)cc1. The van der Waals surface area contributed by atoms with Crippen LogP contribution in [-0.4, -0.2) is 26.1 Å².